The highest BCUT2D eigenvalue weighted by atomic mass is 16.2. The van der Waals surface area contributed by atoms with E-state index in [0.29, 0.717) is 31.1 Å². The van der Waals surface area contributed by atoms with E-state index in [1.165, 1.54) is 36.8 Å². The molecule has 2 amide bonds. The molecule has 5 rings (SSSR count). The molecular weight excluding hydrogens is 412 g/mol. The van der Waals surface area contributed by atoms with Crippen LogP contribution in [0.5, 0.6) is 0 Å². The van der Waals surface area contributed by atoms with Crippen LogP contribution >= 0.6 is 0 Å². The Bertz CT molecular complexity index is 1020. The molecule has 1 N–H and O–H groups in total. The quantitative estimate of drug-likeness (QED) is 0.775. The predicted octanol–water partition coefficient (Wildman–Crippen LogP) is 3.86. The van der Waals surface area contributed by atoms with E-state index in [1.54, 1.807) is 0 Å². The van der Waals surface area contributed by atoms with Crippen LogP contribution in [0.2, 0.25) is 0 Å². The van der Waals surface area contributed by atoms with Crippen LogP contribution in [0.3, 0.4) is 0 Å². The molecule has 3 heterocycles. The van der Waals surface area contributed by atoms with Gasteiger partial charge in [0.2, 0.25) is 5.91 Å². The van der Waals surface area contributed by atoms with Gasteiger partial charge in [0.05, 0.1) is 5.92 Å². The number of hydrogen-bond acceptors (Lipinski definition) is 4. The average molecular weight is 447 g/mol. The number of amides is 2. The number of rotatable bonds is 4. The number of aromatic nitrogens is 1. The third-order valence-corrected chi connectivity index (χ3v) is 7.73. The first kappa shape index (κ1) is 21.9. The fourth-order valence-electron chi connectivity index (χ4n) is 5.77. The number of piperazine rings is 1. The molecule has 0 bridgehead atoms. The number of anilines is 1. The van der Waals surface area contributed by atoms with Crippen molar-refractivity contribution < 1.29 is 9.59 Å². The van der Waals surface area contributed by atoms with E-state index in [9.17, 15) is 9.59 Å². The standard InChI is InChI=1S/C27H34N4O2/c1-18-15-23(20-5-3-4-6-20)17-28-25(18)30-11-13-31(14-12-30)27(33)22-9-7-21(8-10-22)24-19(2)16-29-26(24)32/h7-10,15,17,19-20,24H,3-6,11-14,16H2,1-2H3,(H,29,32)/t19?,24-/m1/s1. The maximum atomic E-state index is 13.1. The van der Waals surface area contributed by atoms with Gasteiger partial charge in [0.1, 0.15) is 5.82 Å². The van der Waals surface area contributed by atoms with Gasteiger partial charge in [-0.2, -0.15) is 0 Å². The van der Waals surface area contributed by atoms with Crippen molar-refractivity contribution in [3.63, 3.8) is 0 Å². The van der Waals surface area contributed by atoms with Crippen molar-refractivity contribution in [2.75, 3.05) is 37.6 Å². The van der Waals surface area contributed by atoms with E-state index in [1.807, 2.05) is 29.2 Å². The average Bonchev–Trinajstić information content (AvgIpc) is 3.49. The predicted molar refractivity (Wildman–Crippen MR) is 130 cm³/mol. The lowest BCUT2D eigenvalue weighted by Crippen LogP contribution is -2.49. The highest BCUT2D eigenvalue weighted by Gasteiger charge is 2.33. The molecule has 6 heteroatoms. The molecule has 3 aliphatic rings. The molecule has 33 heavy (non-hydrogen) atoms. The molecule has 2 atom stereocenters. The van der Waals surface area contributed by atoms with Gasteiger partial charge in [0, 0.05) is 44.5 Å². The summed E-state index contributed by atoms with van der Waals surface area (Å²) in [7, 11) is 0. The van der Waals surface area contributed by atoms with E-state index in [4.69, 9.17) is 4.98 Å². The van der Waals surface area contributed by atoms with Gasteiger partial charge in [0.25, 0.3) is 5.91 Å². The number of nitrogens with zero attached hydrogens (tertiary/aromatic N) is 3. The molecule has 6 nitrogen and oxygen atoms in total. The van der Waals surface area contributed by atoms with Gasteiger partial charge in [-0.3, -0.25) is 9.59 Å². The van der Waals surface area contributed by atoms with Crippen LogP contribution in [-0.4, -0.2) is 54.4 Å². The summed E-state index contributed by atoms with van der Waals surface area (Å²) in [6.07, 6.45) is 7.31. The van der Waals surface area contributed by atoms with Gasteiger partial charge < -0.3 is 15.1 Å². The summed E-state index contributed by atoms with van der Waals surface area (Å²) in [5, 5.41) is 2.92. The minimum atomic E-state index is -0.117. The highest BCUT2D eigenvalue weighted by Crippen LogP contribution is 2.35. The molecule has 1 unspecified atom stereocenters. The summed E-state index contributed by atoms with van der Waals surface area (Å²) >= 11 is 0. The molecule has 1 aromatic carbocycles. The van der Waals surface area contributed by atoms with Crippen LogP contribution < -0.4 is 10.2 Å². The van der Waals surface area contributed by atoms with Crippen molar-refractivity contribution in [1.82, 2.24) is 15.2 Å². The molecule has 0 radical (unpaired) electrons. The maximum Gasteiger partial charge on any atom is 0.253 e. The second-order valence-electron chi connectivity index (χ2n) is 9.99. The number of aryl methyl sites for hydroxylation is 1. The van der Waals surface area contributed by atoms with E-state index < -0.39 is 0 Å². The van der Waals surface area contributed by atoms with Gasteiger partial charge in [-0.05, 0) is 60.4 Å². The van der Waals surface area contributed by atoms with Crippen LogP contribution in [0.15, 0.2) is 36.5 Å². The third-order valence-electron chi connectivity index (χ3n) is 7.73. The van der Waals surface area contributed by atoms with E-state index in [-0.39, 0.29) is 23.7 Å². The molecule has 2 saturated heterocycles. The zero-order valence-electron chi connectivity index (χ0n) is 19.7. The second-order valence-corrected chi connectivity index (χ2v) is 9.99. The monoisotopic (exact) mass is 446 g/mol. The second kappa shape index (κ2) is 9.16. The molecule has 1 aromatic heterocycles. The Labute approximate surface area is 196 Å². The zero-order valence-corrected chi connectivity index (χ0v) is 19.7. The molecular formula is C27H34N4O2. The normalized spacial score (nSPS) is 23.8. The van der Waals surface area contributed by atoms with E-state index in [0.717, 1.165) is 24.5 Å². The molecule has 0 spiro atoms. The summed E-state index contributed by atoms with van der Waals surface area (Å²) in [6.45, 7) is 7.92. The fraction of sp³-hybridized carbons (Fsp3) is 0.519. The molecule has 3 fully saturated rings. The summed E-state index contributed by atoms with van der Waals surface area (Å²) in [4.78, 5) is 34.2. The highest BCUT2D eigenvalue weighted by molar-refractivity contribution is 5.94. The van der Waals surface area contributed by atoms with Gasteiger partial charge in [-0.25, -0.2) is 4.98 Å². The van der Waals surface area contributed by atoms with Crippen LogP contribution in [0, 0.1) is 12.8 Å². The molecule has 2 aromatic rings. The Kier molecular flexibility index (Phi) is 6.09. The van der Waals surface area contributed by atoms with Gasteiger partial charge in [-0.15, -0.1) is 0 Å². The number of benzene rings is 1. The lowest BCUT2D eigenvalue weighted by Gasteiger charge is -2.36. The smallest absolute Gasteiger partial charge is 0.253 e. The van der Waals surface area contributed by atoms with Crippen LogP contribution in [-0.2, 0) is 4.79 Å². The van der Waals surface area contributed by atoms with E-state index >= 15 is 0 Å². The minimum absolute atomic E-state index is 0.0615. The molecule has 1 aliphatic carbocycles. The number of nitrogens with one attached hydrogen (secondary N) is 1. The Morgan fingerprint density at radius 3 is 2.33 bits per heavy atom. The number of carbonyl (C=O) groups is 2. The van der Waals surface area contributed by atoms with Crippen molar-refractivity contribution in [2.45, 2.75) is 51.4 Å². The Morgan fingerprint density at radius 2 is 1.73 bits per heavy atom. The van der Waals surface area contributed by atoms with Crippen LogP contribution in [0.4, 0.5) is 5.82 Å². The number of hydrogen-bond donors (Lipinski definition) is 1. The van der Waals surface area contributed by atoms with Crippen molar-refractivity contribution in [3.8, 4) is 0 Å². The first-order valence-corrected chi connectivity index (χ1v) is 12.4. The van der Waals surface area contributed by atoms with Crippen LogP contribution in [0.25, 0.3) is 0 Å². The first-order chi connectivity index (χ1) is 16.0. The van der Waals surface area contributed by atoms with Crippen LogP contribution in [0.1, 0.15) is 71.5 Å². The zero-order chi connectivity index (χ0) is 22.9. The lowest BCUT2D eigenvalue weighted by atomic mass is 9.89. The Balaban J connectivity index is 1.20. The van der Waals surface area contributed by atoms with Crippen molar-refractivity contribution in [2.24, 2.45) is 5.92 Å². The molecule has 1 saturated carbocycles. The lowest BCUT2D eigenvalue weighted by molar-refractivity contribution is -0.120. The summed E-state index contributed by atoms with van der Waals surface area (Å²) in [5.74, 6) is 2.03. The fourth-order valence-corrected chi connectivity index (χ4v) is 5.77. The maximum absolute atomic E-state index is 13.1. The number of carbonyl (C=O) groups excluding carboxylic acids is 2. The Hall–Kier alpha value is -2.89. The Morgan fingerprint density at radius 1 is 1.03 bits per heavy atom. The first-order valence-electron chi connectivity index (χ1n) is 12.4. The number of pyridine rings is 1. The van der Waals surface area contributed by atoms with Crippen molar-refractivity contribution >= 4 is 17.6 Å². The minimum Gasteiger partial charge on any atom is -0.355 e. The third kappa shape index (κ3) is 4.35. The van der Waals surface area contributed by atoms with Gasteiger partial charge in [0.15, 0.2) is 0 Å². The topological polar surface area (TPSA) is 65.5 Å². The summed E-state index contributed by atoms with van der Waals surface area (Å²) in [5.41, 5.74) is 4.30. The van der Waals surface area contributed by atoms with Crippen molar-refractivity contribution in [1.29, 1.82) is 0 Å². The van der Waals surface area contributed by atoms with E-state index in [2.05, 4.69) is 36.3 Å². The molecule has 2 aliphatic heterocycles. The largest absolute Gasteiger partial charge is 0.355 e. The van der Waals surface area contributed by atoms with Gasteiger partial charge in [-0.1, -0.05) is 38.0 Å². The van der Waals surface area contributed by atoms with Gasteiger partial charge >= 0.3 is 0 Å². The summed E-state index contributed by atoms with van der Waals surface area (Å²) < 4.78 is 0. The molecule has 174 valence electrons. The SMILES string of the molecule is Cc1cc(C2CCCC2)cnc1N1CCN(C(=O)c2ccc([C@@H]3C(=O)NCC3C)cc2)CC1. The van der Waals surface area contributed by atoms with Crippen molar-refractivity contribution in [3.05, 3.63) is 58.8 Å². The summed E-state index contributed by atoms with van der Waals surface area (Å²) in [6, 6.07) is 9.94.